The molecule has 1 aliphatic rings. The SMILES string of the molecule is CC(O)CS[C@H]1C(O)CC(=O)[C@@H]1CCCCCC(C(=O)O)c1ccc(Cl)cc1. The summed E-state index contributed by atoms with van der Waals surface area (Å²) in [6.45, 7) is 1.70. The van der Waals surface area contributed by atoms with Gasteiger partial charge in [0.05, 0.1) is 18.1 Å². The molecular weight excluding hydrogens is 400 g/mol. The lowest BCUT2D eigenvalue weighted by Gasteiger charge is -2.21. The highest BCUT2D eigenvalue weighted by atomic mass is 35.5. The fourth-order valence-electron chi connectivity index (χ4n) is 3.75. The molecule has 1 aromatic carbocycles. The molecule has 1 aromatic rings. The minimum Gasteiger partial charge on any atom is -0.481 e. The molecule has 7 heteroatoms. The van der Waals surface area contributed by atoms with Gasteiger partial charge in [-0.2, -0.15) is 11.8 Å². The number of unbranched alkanes of at least 4 members (excludes halogenated alkanes) is 2. The molecule has 0 spiro atoms. The molecule has 0 saturated heterocycles. The van der Waals surface area contributed by atoms with E-state index < -0.39 is 24.1 Å². The maximum absolute atomic E-state index is 12.2. The van der Waals surface area contributed by atoms with Crippen molar-refractivity contribution < 1.29 is 24.9 Å². The third-order valence-corrected chi connectivity index (χ3v) is 7.16. The van der Waals surface area contributed by atoms with E-state index in [4.69, 9.17) is 11.6 Å². The van der Waals surface area contributed by atoms with E-state index in [0.717, 1.165) is 24.8 Å². The Labute approximate surface area is 175 Å². The first-order chi connectivity index (χ1) is 13.3. The Morgan fingerprint density at radius 2 is 1.93 bits per heavy atom. The van der Waals surface area contributed by atoms with Crippen LogP contribution in [0, 0.1) is 5.92 Å². The molecular formula is C21H29ClO5S. The van der Waals surface area contributed by atoms with E-state index in [1.54, 1.807) is 31.2 Å². The number of carboxylic acid groups (broad SMARTS) is 1. The number of thioether (sulfide) groups is 1. The number of Topliss-reactive ketones (excluding diaryl/α,β-unsaturated/α-hetero) is 1. The lowest BCUT2D eigenvalue weighted by molar-refractivity contribution is -0.139. The molecule has 0 aliphatic heterocycles. The smallest absolute Gasteiger partial charge is 0.310 e. The lowest BCUT2D eigenvalue weighted by atomic mass is 9.92. The number of ketones is 1. The van der Waals surface area contributed by atoms with Crippen molar-refractivity contribution in [2.24, 2.45) is 5.92 Å². The highest BCUT2D eigenvalue weighted by Gasteiger charge is 2.41. The molecule has 0 bridgehead atoms. The lowest BCUT2D eigenvalue weighted by Crippen LogP contribution is -2.25. The average molecular weight is 429 g/mol. The van der Waals surface area contributed by atoms with Crippen LogP contribution in [0.3, 0.4) is 0 Å². The summed E-state index contributed by atoms with van der Waals surface area (Å²) in [5.41, 5.74) is 0.751. The summed E-state index contributed by atoms with van der Waals surface area (Å²) in [5, 5.41) is 29.5. The van der Waals surface area contributed by atoms with Crippen molar-refractivity contribution in [1.82, 2.24) is 0 Å². The third kappa shape index (κ3) is 6.76. The van der Waals surface area contributed by atoms with E-state index in [1.165, 1.54) is 11.8 Å². The van der Waals surface area contributed by atoms with Crippen LogP contribution in [0.5, 0.6) is 0 Å². The summed E-state index contributed by atoms with van der Waals surface area (Å²) >= 11 is 7.34. The van der Waals surface area contributed by atoms with Crippen molar-refractivity contribution in [3.05, 3.63) is 34.9 Å². The average Bonchev–Trinajstić information content (AvgIpc) is 2.90. The quantitative estimate of drug-likeness (QED) is 0.463. The minimum atomic E-state index is -0.842. The second kappa shape index (κ2) is 11.2. The number of carbonyl (C=O) groups excluding carboxylic acids is 1. The van der Waals surface area contributed by atoms with Gasteiger partial charge in [0.15, 0.2) is 0 Å². The van der Waals surface area contributed by atoms with Crippen molar-refractivity contribution >= 4 is 35.1 Å². The molecule has 0 radical (unpaired) electrons. The monoisotopic (exact) mass is 428 g/mol. The normalized spacial score (nSPS) is 24.3. The number of halogens is 1. The van der Waals surface area contributed by atoms with Crippen LogP contribution in [-0.4, -0.2) is 50.3 Å². The fraction of sp³-hybridized carbons (Fsp3) is 0.619. The Hall–Kier alpha value is -1.08. The van der Waals surface area contributed by atoms with E-state index in [2.05, 4.69) is 0 Å². The molecule has 28 heavy (non-hydrogen) atoms. The van der Waals surface area contributed by atoms with E-state index in [-0.39, 0.29) is 23.4 Å². The van der Waals surface area contributed by atoms with E-state index >= 15 is 0 Å². The summed E-state index contributed by atoms with van der Waals surface area (Å²) in [5.74, 6) is -0.967. The van der Waals surface area contributed by atoms with E-state index in [0.29, 0.717) is 23.6 Å². The molecule has 1 fully saturated rings. The number of carbonyl (C=O) groups is 2. The van der Waals surface area contributed by atoms with Gasteiger partial charge in [0.1, 0.15) is 5.78 Å². The van der Waals surface area contributed by atoms with Gasteiger partial charge >= 0.3 is 5.97 Å². The zero-order chi connectivity index (χ0) is 20.7. The predicted octanol–water partition coefficient (Wildman–Crippen LogP) is 3.89. The Morgan fingerprint density at radius 1 is 1.25 bits per heavy atom. The molecule has 1 saturated carbocycles. The summed E-state index contributed by atoms with van der Waals surface area (Å²) in [7, 11) is 0. The molecule has 0 amide bonds. The van der Waals surface area contributed by atoms with Crippen LogP contribution >= 0.6 is 23.4 Å². The van der Waals surface area contributed by atoms with Crippen LogP contribution < -0.4 is 0 Å². The second-order valence-electron chi connectivity index (χ2n) is 7.57. The van der Waals surface area contributed by atoms with Gasteiger partial charge in [-0.15, -0.1) is 0 Å². The Kier molecular flexibility index (Phi) is 9.28. The number of aliphatic carboxylic acids is 1. The number of benzene rings is 1. The Morgan fingerprint density at radius 3 is 2.54 bits per heavy atom. The van der Waals surface area contributed by atoms with Crippen LogP contribution in [0.25, 0.3) is 0 Å². The molecule has 0 heterocycles. The number of aliphatic hydroxyl groups excluding tert-OH is 2. The van der Waals surface area contributed by atoms with E-state index in [9.17, 15) is 24.9 Å². The number of aliphatic hydroxyl groups is 2. The van der Waals surface area contributed by atoms with Gasteiger partial charge in [-0.25, -0.2) is 0 Å². The highest BCUT2D eigenvalue weighted by Crippen LogP contribution is 2.36. The molecule has 156 valence electrons. The van der Waals surface area contributed by atoms with Gasteiger partial charge in [0, 0.05) is 28.4 Å². The van der Waals surface area contributed by atoms with Crippen LogP contribution in [0.2, 0.25) is 5.02 Å². The van der Waals surface area contributed by atoms with Gasteiger partial charge in [-0.1, -0.05) is 43.0 Å². The zero-order valence-corrected chi connectivity index (χ0v) is 17.7. The molecule has 3 unspecified atom stereocenters. The van der Waals surface area contributed by atoms with Crippen LogP contribution in [0.4, 0.5) is 0 Å². The fourth-order valence-corrected chi connectivity index (χ4v) is 5.21. The first-order valence-electron chi connectivity index (χ1n) is 9.78. The van der Waals surface area contributed by atoms with Crippen molar-refractivity contribution in [2.75, 3.05) is 5.75 Å². The van der Waals surface area contributed by atoms with Crippen LogP contribution in [-0.2, 0) is 9.59 Å². The largest absolute Gasteiger partial charge is 0.481 e. The Balaban J connectivity index is 1.79. The molecule has 5 atom stereocenters. The summed E-state index contributed by atoms with van der Waals surface area (Å²) in [4.78, 5) is 23.8. The second-order valence-corrected chi connectivity index (χ2v) is 9.22. The first kappa shape index (κ1) is 23.2. The molecule has 0 aromatic heterocycles. The number of hydrogen-bond donors (Lipinski definition) is 3. The molecule has 2 rings (SSSR count). The summed E-state index contributed by atoms with van der Waals surface area (Å²) in [6, 6.07) is 6.91. The molecule has 3 N–H and O–H groups in total. The molecule has 5 nitrogen and oxygen atoms in total. The summed E-state index contributed by atoms with van der Waals surface area (Å²) in [6.07, 6.45) is 2.75. The number of rotatable bonds is 11. The predicted molar refractivity (Wildman–Crippen MR) is 112 cm³/mol. The van der Waals surface area contributed by atoms with Crippen LogP contribution in [0.15, 0.2) is 24.3 Å². The van der Waals surface area contributed by atoms with Gasteiger partial charge in [0.25, 0.3) is 0 Å². The minimum absolute atomic E-state index is 0.0974. The summed E-state index contributed by atoms with van der Waals surface area (Å²) < 4.78 is 0. The van der Waals surface area contributed by atoms with Crippen molar-refractivity contribution in [1.29, 1.82) is 0 Å². The van der Waals surface area contributed by atoms with Gasteiger partial charge in [-0.3, -0.25) is 9.59 Å². The standard InChI is InChI=1S/C21H29ClO5S/c1-13(23)12-28-20-17(18(24)11-19(20)25)6-4-2-3-5-16(21(26)27)14-7-9-15(22)10-8-14/h7-10,13,16-17,19-20,23,25H,2-6,11-12H2,1H3,(H,26,27)/t13?,16?,17-,19?,20+/m0/s1. The highest BCUT2D eigenvalue weighted by molar-refractivity contribution is 8.00. The van der Waals surface area contributed by atoms with Crippen molar-refractivity contribution in [3.63, 3.8) is 0 Å². The topological polar surface area (TPSA) is 94.8 Å². The van der Waals surface area contributed by atoms with Gasteiger partial charge in [0.2, 0.25) is 0 Å². The number of carboxylic acids is 1. The van der Waals surface area contributed by atoms with Crippen LogP contribution in [0.1, 0.15) is 56.9 Å². The molecule has 1 aliphatic carbocycles. The number of hydrogen-bond acceptors (Lipinski definition) is 5. The maximum atomic E-state index is 12.2. The Bertz CT molecular complexity index is 649. The first-order valence-corrected chi connectivity index (χ1v) is 11.2. The van der Waals surface area contributed by atoms with Gasteiger partial charge < -0.3 is 15.3 Å². The van der Waals surface area contributed by atoms with E-state index in [1.807, 2.05) is 0 Å². The maximum Gasteiger partial charge on any atom is 0.310 e. The van der Waals surface area contributed by atoms with Gasteiger partial charge in [-0.05, 0) is 37.5 Å². The van der Waals surface area contributed by atoms with Crippen molar-refractivity contribution in [3.8, 4) is 0 Å². The van der Waals surface area contributed by atoms with Crippen molar-refractivity contribution in [2.45, 2.75) is 68.8 Å². The zero-order valence-electron chi connectivity index (χ0n) is 16.1. The third-order valence-electron chi connectivity index (χ3n) is 5.21.